The number of halogens is 1. The van der Waals surface area contributed by atoms with E-state index in [0.29, 0.717) is 12.5 Å². The molecular formula is C24H30ClN3O2S. The molecule has 1 N–H and O–H groups in total. The van der Waals surface area contributed by atoms with E-state index in [0.717, 1.165) is 28.1 Å². The highest BCUT2D eigenvalue weighted by atomic mass is 35.5. The lowest BCUT2D eigenvalue weighted by Gasteiger charge is -2.23. The summed E-state index contributed by atoms with van der Waals surface area (Å²) in [6.45, 7) is 0. The van der Waals surface area contributed by atoms with Crippen LogP contribution in [0.5, 0.6) is 11.5 Å². The van der Waals surface area contributed by atoms with E-state index >= 15 is 0 Å². The normalized spacial score (nSPS) is 20.4. The minimum Gasteiger partial charge on any atom is -0.457 e. The van der Waals surface area contributed by atoms with E-state index in [1.54, 1.807) is 11.8 Å². The maximum absolute atomic E-state index is 12.6. The smallest absolute Gasteiger partial charge is 0.226 e. The Labute approximate surface area is 195 Å². The number of anilines is 1. The Kier molecular flexibility index (Phi) is 8.67. The second-order valence-corrected chi connectivity index (χ2v) is 8.96. The molecule has 2 fully saturated rings. The van der Waals surface area contributed by atoms with Crippen LogP contribution in [0.3, 0.4) is 0 Å². The van der Waals surface area contributed by atoms with Gasteiger partial charge in [-0.15, -0.1) is 12.4 Å². The molecule has 1 aliphatic heterocycles. The summed E-state index contributed by atoms with van der Waals surface area (Å²) in [5, 5.41) is 4.11. The van der Waals surface area contributed by atoms with Crippen LogP contribution < -0.4 is 10.1 Å². The predicted octanol–water partition coefficient (Wildman–Crippen LogP) is 5.97. The molecule has 7 heteroatoms. The number of amidine groups is 1. The van der Waals surface area contributed by atoms with Crippen molar-refractivity contribution in [2.75, 3.05) is 18.1 Å². The van der Waals surface area contributed by atoms with Crippen molar-refractivity contribution < 1.29 is 9.53 Å². The number of carbonyl (C=O) groups is 1. The molecule has 1 amide bonds. The molecule has 2 aromatic carbocycles. The number of rotatable bonds is 6. The van der Waals surface area contributed by atoms with Crippen molar-refractivity contribution in [1.29, 1.82) is 0 Å². The molecule has 0 bridgehead atoms. The molecule has 1 aliphatic carbocycles. The lowest BCUT2D eigenvalue weighted by molar-refractivity contribution is -0.116. The second kappa shape index (κ2) is 11.4. The van der Waals surface area contributed by atoms with Crippen LogP contribution in [0.2, 0.25) is 0 Å². The number of hydrogen-bond acceptors (Lipinski definition) is 4. The number of nitrogens with one attached hydrogen (secondary N) is 1. The van der Waals surface area contributed by atoms with Crippen molar-refractivity contribution in [2.24, 2.45) is 4.99 Å². The van der Waals surface area contributed by atoms with Crippen molar-refractivity contribution in [3.63, 3.8) is 0 Å². The lowest BCUT2D eigenvalue weighted by Crippen LogP contribution is -2.34. The topological polar surface area (TPSA) is 53.9 Å². The highest BCUT2D eigenvalue weighted by Gasteiger charge is 2.29. The van der Waals surface area contributed by atoms with Crippen LogP contribution in [0.15, 0.2) is 59.6 Å². The molecule has 0 aromatic heterocycles. The Morgan fingerprint density at radius 1 is 1.06 bits per heavy atom. The van der Waals surface area contributed by atoms with Crippen molar-refractivity contribution in [2.45, 2.75) is 50.6 Å². The van der Waals surface area contributed by atoms with Crippen LogP contribution >= 0.6 is 24.2 Å². The third-order valence-corrected chi connectivity index (χ3v) is 6.86. The van der Waals surface area contributed by atoms with Crippen molar-refractivity contribution in [1.82, 2.24) is 4.90 Å². The minimum absolute atomic E-state index is 0. The zero-order chi connectivity index (χ0) is 20.8. The van der Waals surface area contributed by atoms with E-state index in [-0.39, 0.29) is 24.4 Å². The van der Waals surface area contributed by atoms with Crippen LogP contribution in [0.4, 0.5) is 5.69 Å². The van der Waals surface area contributed by atoms with E-state index in [9.17, 15) is 4.79 Å². The van der Waals surface area contributed by atoms with Gasteiger partial charge in [0.05, 0.1) is 6.04 Å². The number of amides is 1. The standard InChI is InChI=1S/C24H29N3O2S.ClH/c1-27-20(17-30-24(27)26-18-8-4-2-5-9-18)16-23(28)25-19-12-14-22(15-13-19)29-21-10-6-3-7-11-21;/h3,6-7,10-15,18,20H,2,4-5,8-9,16-17H2,1H3,(H,25,28);1H/b26-24-;. The van der Waals surface area contributed by atoms with Gasteiger partial charge in [-0.2, -0.15) is 0 Å². The van der Waals surface area contributed by atoms with Crippen LogP contribution in [0, 0.1) is 0 Å². The molecular weight excluding hydrogens is 430 g/mol. The predicted molar refractivity (Wildman–Crippen MR) is 132 cm³/mol. The third-order valence-electron chi connectivity index (χ3n) is 5.66. The number of benzene rings is 2. The molecule has 0 radical (unpaired) electrons. The number of hydrogen-bond donors (Lipinski definition) is 1. The summed E-state index contributed by atoms with van der Waals surface area (Å²) >= 11 is 1.78. The van der Waals surface area contributed by atoms with Gasteiger partial charge in [-0.3, -0.25) is 9.79 Å². The third kappa shape index (κ3) is 6.65. The Hall–Kier alpha value is -2.18. The van der Waals surface area contributed by atoms with Gasteiger partial charge >= 0.3 is 0 Å². The van der Waals surface area contributed by atoms with Gasteiger partial charge in [-0.25, -0.2) is 0 Å². The highest BCUT2D eigenvalue weighted by Crippen LogP contribution is 2.29. The van der Waals surface area contributed by atoms with Gasteiger partial charge in [0.25, 0.3) is 0 Å². The molecule has 166 valence electrons. The van der Waals surface area contributed by atoms with Crippen molar-refractivity contribution in [3.05, 3.63) is 54.6 Å². The number of aliphatic imine (C=N–C) groups is 1. The van der Waals surface area contributed by atoms with Crippen LogP contribution in [0.1, 0.15) is 38.5 Å². The SMILES string of the molecule is CN1/C(=N/C2CCCCC2)SCC1CC(=O)Nc1ccc(Oc2ccccc2)cc1.Cl. The molecule has 31 heavy (non-hydrogen) atoms. The molecule has 2 aromatic rings. The summed E-state index contributed by atoms with van der Waals surface area (Å²) in [4.78, 5) is 19.7. The van der Waals surface area contributed by atoms with Crippen LogP contribution in [0.25, 0.3) is 0 Å². The van der Waals surface area contributed by atoms with Gasteiger partial charge in [0.1, 0.15) is 11.5 Å². The summed E-state index contributed by atoms with van der Waals surface area (Å²) < 4.78 is 5.80. The zero-order valence-corrected chi connectivity index (χ0v) is 19.5. The number of nitrogens with zero attached hydrogens (tertiary/aromatic N) is 2. The maximum Gasteiger partial charge on any atom is 0.226 e. The van der Waals surface area contributed by atoms with E-state index in [4.69, 9.17) is 9.73 Å². The van der Waals surface area contributed by atoms with E-state index in [1.807, 2.05) is 54.6 Å². The van der Waals surface area contributed by atoms with Gasteiger partial charge in [0.2, 0.25) is 5.91 Å². The molecule has 4 rings (SSSR count). The fraction of sp³-hybridized carbons (Fsp3) is 0.417. The summed E-state index contributed by atoms with van der Waals surface area (Å²) in [6, 6.07) is 17.8. The number of carbonyl (C=O) groups excluding carboxylic acids is 1. The molecule has 0 spiro atoms. The van der Waals surface area contributed by atoms with Crippen molar-refractivity contribution in [3.8, 4) is 11.5 Å². The van der Waals surface area contributed by atoms with Gasteiger partial charge in [-0.05, 0) is 49.2 Å². The molecule has 1 unspecified atom stereocenters. The Morgan fingerprint density at radius 3 is 2.45 bits per heavy atom. The molecule has 1 atom stereocenters. The molecule has 1 heterocycles. The Balaban J connectivity index is 0.00000272. The first-order chi connectivity index (χ1) is 14.7. The van der Waals surface area contributed by atoms with Crippen molar-refractivity contribution >= 4 is 40.9 Å². The zero-order valence-electron chi connectivity index (χ0n) is 17.8. The fourth-order valence-corrected chi connectivity index (χ4v) is 5.15. The minimum atomic E-state index is 0. The van der Waals surface area contributed by atoms with Gasteiger partial charge in [0.15, 0.2) is 5.17 Å². The molecule has 1 saturated carbocycles. The van der Waals surface area contributed by atoms with Gasteiger partial charge < -0.3 is 15.0 Å². The number of thioether (sulfide) groups is 1. The highest BCUT2D eigenvalue weighted by molar-refractivity contribution is 8.14. The summed E-state index contributed by atoms with van der Waals surface area (Å²) in [5.41, 5.74) is 0.782. The first kappa shape index (κ1) is 23.5. The molecule has 1 saturated heterocycles. The van der Waals surface area contributed by atoms with E-state index in [1.165, 1.54) is 32.1 Å². The Bertz CT molecular complexity index is 870. The molecule has 5 nitrogen and oxygen atoms in total. The largest absolute Gasteiger partial charge is 0.457 e. The van der Waals surface area contributed by atoms with Crippen LogP contribution in [-0.4, -0.2) is 40.9 Å². The number of para-hydroxylation sites is 1. The van der Waals surface area contributed by atoms with E-state index in [2.05, 4.69) is 17.3 Å². The van der Waals surface area contributed by atoms with E-state index < -0.39 is 0 Å². The quantitative estimate of drug-likeness (QED) is 0.578. The summed E-state index contributed by atoms with van der Waals surface area (Å²) in [7, 11) is 2.06. The molecule has 2 aliphatic rings. The van der Waals surface area contributed by atoms with Crippen LogP contribution in [-0.2, 0) is 4.79 Å². The Morgan fingerprint density at radius 2 is 1.74 bits per heavy atom. The summed E-state index contributed by atoms with van der Waals surface area (Å²) in [5.74, 6) is 2.49. The van der Waals surface area contributed by atoms with Gasteiger partial charge in [0, 0.05) is 31.0 Å². The maximum atomic E-state index is 12.6. The average Bonchev–Trinajstić information content (AvgIpc) is 3.10. The first-order valence-electron chi connectivity index (χ1n) is 10.7. The average molecular weight is 460 g/mol. The summed E-state index contributed by atoms with van der Waals surface area (Å²) in [6.07, 6.45) is 6.79. The monoisotopic (exact) mass is 459 g/mol. The second-order valence-electron chi connectivity index (χ2n) is 7.97. The lowest BCUT2D eigenvalue weighted by atomic mass is 9.96. The van der Waals surface area contributed by atoms with Gasteiger partial charge in [-0.1, -0.05) is 49.2 Å². The first-order valence-corrected chi connectivity index (χ1v) is 11.7. The number of ether oxygens (including phenoxy) is 1. The fourth-order valence-electron chi connectivity index (χ4n) is 3.89.